The fraction of sp³-hybridized carbons (Fsp3) is 0.231. The molecule has 0 unspecified atom stereocenters. The quantitative estimate of drug-likeness (QED) is 0.129. The second-order valence-electron chi connectivity index (χ2n) is 17.0. The molecular weight excluding hydrogens is 717 g/mol. The van der Waals surface area contributed by atoms with Gasteiger partial charge in [-0.1, -0.05) is 47.5 Å². The first-order valence-electron chi connectivity index (χ1n) is 19.9. The Morgan fingerprint density at radius 1 is 0.379 bits per heavy atom. The maximum atomic E-state index is 6.94. The van der Waals surface area contributed by atoms with Crippen LogP contribution >= 0.6 is 0 Å². The van der Waals surface area contributed by atoms with E-state index < -0.39 is 11.2 Å². The van der Waals surface area contributed by atoms with Gasteiger partial charge in [-0.2, -0.15) is 0 Å². The number of aryl methyl sites for hydroxylation is 2. The fourth-order valence-corrected chi connectivity index (χ4v) is 7.80. The van der Waals surface area contributed by atoms with Gasteiger partial charge in [-0.25, -0.2) is 0 Å². The molecule has 0 aliphatic heterocycles. The summed E-state index contributed by atoms with van der Waals surface area (Å²) in [6.45, 7) is 16.9. The monoisotopic (exact) mass is 768 g/mol. The van der Waals surface area contributed by atoms with Crippen LogP contribution in [0.3, 0.4) is 0 Å². The Morgan fingerprint density at radius 2 is 0.672 bits per heavy atom. The summed E-state index contributed by atoms with van der Waals surface area (Å²) in [4.78, 5) is 4.65. The lowest BCUT2D eigenvalue weighted by Crippen LogP contribution is -2.24. The van der Waals surface area contributed by atoms with Gasteiger partial charge in [-0.15, -0.1) is 0 Å². The SMILES string of the molecule is COc1ccc(N(c2ccc(C)cc2)c2cc(OC(C)(C)C)c3ccc4c(N(c5ccc(C)cc5)c5ccc(OC)cc5)cc(OC(C)(C)C)c5ccc2c3c54)cc1. The van der Waals surface area contributed by atoms with Crippen molar-refractivity contribution in [1.29, 1.82) is 0 Å². The van der Waals surface area contributed by atoms with Crippen LogP contribution in [0.2, 0.25) is 0 Å². The van der Waals surface area contributed by atoms with Crippen LogP contribution in [0.25, 0.3) is 32.3 Å². The van der Waals surface area contributed by atoms with Crippen LogP contribution in [0, 0.1) is 13.8 Å². The first-order valence-corrected chi connectivity index (χ1v) is 19.9. The van der Waals surface area contributed by atoms with Crippen molar-refractivity contribution in [2.45, 2.75) is 66.6 Å². The molecule has 0 heterocycles. The summed E-state index contributed by atoms with van der Waals surface area (Å²) in [6, 6.07) is 47.3. The highest BCUT2D eigenvalue weighted by atomic mass is 16.5. The minimum absolute atomic E-state index is 0.461. The fourth-order valence-electron chi connectivity index (χ4n) is 7.80. The lowest BCUT2D eigenvalue weighted by Gasteiger charge is -2.32. The molecule has 8 aromatic rings. The standard InChI is InChI=1S/C52H52N2O4/c1-33-11-15-35(16-12-33)53(37-19-23-39(55-9)24-20-37)45-31-47(57-51(3,4)5)43-30-28-42-46(32-48(58-52(6,7)8)44-29-27-41(45)49(43)50(42)44)54(36-17-13-34(2)14-18-36)38-21-25-40(56-10)26-22-38/h11-32H,1-10H3. The second-order valence-corrected chi connectivity index (χ2v) is 17.0. The van der Waals surface area contributed by atoms with Crippen molar-refractivity contribution in [3.8, 4) is 23.0 Å². The summed E-state index contributed by atoms with van der Waals surface area (Å²) in [5.41, 5.74) is 7.56. The maximum Gasteiger partial charge on any atom is 0.130 e. The van der Waals surface area contributed by atoms with E-state index >= 15 is 0 Å². The zero-order valence-electron chi connectivity index (χ0n) is 35.2. The third-order valence-corrected chi connectivity index (χ3v) is 10.3. The van der Waals surface area contributed by atoms with E-state index in [1.54, 1.807) is 14.2 Å². The highest BCUT2D eigenvalue weighted by molar-refractivity contribution is 6.30. The Morgan fingerprint density at radius 3 is 0.966 bits per heavy atom. The Labute approximate surface area is 342 Å². The molecule has 0 N–H and O–H groups in total. The first-order chi connectivity index (χ1) is 27.7. The molecule has 0 spiro atoms. The number of nitrogens with zero attached hydrogens (tertiary/aromatic N) is 2. The summed E-state index contributed by atoms with van der Waals surface area (Å²) in [7, 11) is 3.40. The van der Waals surface area contributed by atoms with Crippen LogP contribution in [0.5, 0.6) is 23.0 Å². The summed E-state index contributed by atoms with van der Waals surface area (Å²) < 4.78 is 25.1. The summed E-state index contributed by atoms with van der Waals surface area (Å²) in [6.07, 6.45) is 0. The number of hydrogen-bond donors (Lipinski definition) is 0. The van der Waals surface area contributed by atoms with Crippen molar-refractivity contribution in [3.63, 3.8) is 0 Å². The number of hydrogen-bond acceptors (Lipinski definition) is 6. The molecular formula is C52H52N2O4. The molecule has 0 radical (unpaired) electrons. The molecule has 0 bridgehead atoms. The molecule has 8 rings (SSSR count). The number of benzene rings is 8. The van der Waals surface area contributed by atoms with Crippen molar-refractivity contribution in [3.05, 3.63) is 145 Å². The molecule has 0 amide bonds. The number of methoxy groups -OCH3 is 2. The second kappa shape index (κ2) is 14.8. The van der Waals surface area contributed by atoms with Crippen molar-refractivity contribution >= 4 is 66.4 Å². The first kappa shape index (κ1) is 38.5. The lowest BCUT2D eigenvalue weighted by atomic mass is 9.90. The molecule has 0 aromatic heterocycles. The lowest BCUT2D eigenvalue weighted by molar-refractivity contribution is 0.132. The Bertz CT molecular complexity index is 2520. The molecule has 58 heavy (non-hydrogen) atoms. The smallest absolute Gasteiger partial charge is 0.130 e. The summed E-state index contributed by atoms with van der Waals surface area (Å²) >= 11 is 0. The largest absolute Gasteiger partial charge is 0.497 e. The Balaban J connectivity index is 1.51. The van der Waals surface area contributed by atoms with Gasteiger partial charge in [0, 0.05) is 67.2 Å². The average Bonchev–Trinajstić information content (AvgIpc) is 3.19. The minimum Gasteiger partial charge on any atom is -0.497 e. The minimum atomic E-state index is -0.461. The molecule has 0 saturated heterocycles. The van der Waals surface area contributed by atoms with Gasteiger partial charge in [0.25, 0.3) is 0 Å². The normalized spacial score (nSPS) is 12.0. The number of ether oxygens (including phenoxy) is 4. The Kier molecular flexibility index (Phi) is 9.84. The molecule has 0 atom stereocenters. The van der Waals surface area contributed by atoms with Gasteiger partial charge in [0.05, 0.1) is 25.6 Å². The van der Waals surface area contributed by atoms with E-state index in [-0.39, 0.29) is 0 Å². The van der Waals surface area contributed by atoms with Crippen LogP contribution in [0.4, 0.5) is 34.1 Å². The predicted octanol–water partition coefficient (Wildman–Crippen LogP) is 14.5. The van der Waals surface area contributed by atoms with Crippen LogP contribution in [-0.4, -0.2) is 25.4 Å². The van der Waals surface area contributed by atoms with Crippen LogP contribution in [-0.2, 0) is 0 Å². The highest BCUT2D eigenvalue weighted by Crippen LogP contribution is 2.52. The van der Waals surface area contributed by atoms with E-state index in [1.165, 1.54) is 11.1 Å². The summed E-state index contributed by atoms with van der Waals surface area (Å²) in [5, 5.41) is 6.48. The van der Waals surface area contributed by atoms with Gasteiger partial charge in [-0.3, -0.25) is 0 Å². The molecule has 6 nitrogen and oxygen atoms in total. The highest BCUT2D eigenvalue weighted by Gasteiger charge is 2.28. The third kappa shape index (κ3) is 7.43. The van der Waals surface area contributed by atoms with Crippen molar-refractivity contribution in [2.24, 2.45) is 0 Å². The van der Waals surface area contributed by atoms with E-state index in [1.807, 2.05) is 24.3 Å². The number of rotatable bonds is 10. The van der Waals surface area contributed by atoms with Crippen LogP contribution < -0.4 is 28.7 Å². The molecule has 0 fully saturated rings. The van der Waals surface area contributed by atoms with Gasteiger partial charge in [-0.05, 0) is 140 Å². The Hall–Kier alpha value is -6.40. The van der Waals surface area contributed by atoms with Crippen molar-refractivity contribution in [1.82, 2.24) is 0 Å². The molecule has 8 aromatic carbocycles. The number of anilines is 6. The van der Waals surface area contributed by atoms with Crippen molar-refractivity contribution < 1.29 is 18.9 Å². The van der Waals surface area contributed by atoms with Crippen molar-refractivity contribution in [2.75, 3.05) is 24.0 Å². The van der Waals surface area contributed by atoms with Gasteiger partial charge in [0.2, 0.25) is 0 Å². The molecule has 0 aliphatic rings. The summed E-state index contributed by atoms with van der Waals surface area (Å²) in [5.74, 6) is 3.22. The topological polar surface area (TPSA) is 43.4 Å². The zero-order chi connectivity index (χ0) is 40.9. The third-order valence-electron chi connectivity index (χ3n) is 10.3. The van der Waals surface area contributed by atoms with E-state index in [0.717, 1.165) is 89.4 Å². The van der Waals surface area contributed by atoms with Gasteiger partial charge in [0.1, 0.15) is 34.2 Å². The van der Waals surface area contributed by atoms with E-state index in [0.29, 0.717) is 0 Å². The average molecular weight is 769 g/mol. The van der Waals surface area contributed by atoms with E-state index in [4.69, 9.17) is 18.9 Å². The van der Waals surface area contributed by atoms with Gasteiger partial charge >= 0.3 is 0 Å². The molecule has 0 aliphatic carbocycles. The van der Waals surface area contributed by atoms with Gasteiger partial charge < -0.3 is 28.7 Å². The molecule has 0 saturated carbocycles. The van der Waals surface area contributed by atoms with Crippen LogP contribution in [0.1, 0.15) is 52.7 Å². The maximum absolute atomic E-state index is 6.94. The van der Waals surface area contributed by atoms with E-state index in [2.05, 4.69) is 174 Å². The predicted molar refractivity (Wildman–Crippen MR) is 243 cm³/mol. The van der Waals surface area contributed by atoms with Crippen LogP contribution in [0.15, 0.2) is 133 Å². The zero-order valence-corrected chi connectivity index (χ0v) is 35.2. The van der Waals surface area contributed by atoms with E-state index in [9.17, 15) is 0 Å². The molecule has 294 valence electrons. The van der Waals surface area contributed by atoms with Gasteiger partial charge in [0.15, 0.2) is 0 Å². The molecule has 6 heteroatoms.